The molecule has 0 radical (unpaired) electrons. The normalized spacial score (nSPS) is 10.1. The van der Waals surface area contributed by atoms with Crippen molar-refractivity contribution in [2.45, 2.75) is 27.7 Å². The highest BCUT2D eigenvalue weighted by atomic mass is 16.1. The van der Waals surface area contributed by atoms with E-state index in [9.17, 15) is 4.79 Å². The molecule has 0 fully saturated rings. The Bertz CT molecular complexity index is 402. The van der Waals surface area contributed by atoms with Gasteiger partial charge in [0, 0.05) is 12.1 Å². The summed E-state index contributed by atoms with van der Waals surface area (Å²) in [6.07, 6.45) is 3.68. The number of carbonyl (C=O) groups is 1. The Morgan fingerprint density at radius 3 is 2.28 bits per heavy atom. The number of benzene rings is 1. The molecule has 0 aliphatic heterocycles. The summed E-state index contributed by atoms with van der Waals surface area (Å²) in [5.41, 5.74) is 2.85. The predicted molar refractivity (Wildman–Crippen MR) is 78.8 cm³/mol. The SMILES string of the molecule is C=C/C(=C\C)CNC(=O)c1ccc(C)cc1.CC. The Kier molecular flexibility index (Phi) is 8.29. The number of hydrogen-bond donors (Lipinski definition) is 1. The van der Waals surface area contributed by atoms with Crippen LogP contribution in [0, 0.1) is 6.92 Å². The van der Waals surface area contributed by atoms with Gasteiger partial charge in [0.05, 0.1) is 0 Å². The van der Waals surface area contributed by atoms with Crippen LogP contribution in [0.4, 0.5) is 0 Å². The lowest BCUT2D eigenvalue weighted by atomic mass is 10.1. The maximum absolute atomic E-state index is 11.7. The lowest BCUT2D eigenvalue weighted by molar-refractivity contribution is 0.0957. The third-order valence-corrected chi connectivity index (χ3v) is 2.40. The van der Waals surface area contributed by atoms with Crippen LogP contribution in [-0.4, -0.2) is 12.5 Å². The predicted octanol–water partition coefficient (Wildman–Crippen LogP) is 3.88. The molecule has 1 N–H and O–H groups in total. The Morgan fingerprint density at radius 1 is 1.28 bits per heavy atom. The molecular weight excluding hydrogens is 222 g/mol. The summed E-state index contributed by atoms with van der Waals surface area (Å²) in [7, 11) is 0. The molecule has 18 heavy (non-hydrogen) atoms. The highest BCUT2D eigenvalue weighted by Gasteiger charge is 2.03. The van der Waals surface area contributed by atoms with Crippen molar-refractivity contribution < 1.29 is 4.79 Å². The van der Waals surface area contributed by atoms with Crippen LogP contribution in [0.1, 0.15) is 36.7 Å². The van der Waals surface area contributed by atoms with Crippen molar-refractivity contribution in [3.63, 3.8) is 0 Å². The van der Waals surface area contributed by atoms with Crippen molar-refractivity contribution in [1.29, 1.82) is 0 Å². The van der Waals surface area contributed by atoms with Crippen LogP contribution in [-0.2, 0) is 0 Å². The van der Waals surface area contributed by atoms with Crippen LogP contribution >= 0.6 is 0 Å². The number of rotatable bonds is 4. The second-order valence-corrected chi connectivity index (χ2v) is 3.62. The largest absolute Gasteiger partial charge is 0.348 e. The van der Waals surface area contributed by atoms with Crippen LogP contribution in [0.5, 0.6) is 0 Å². The van der Waals surface area contributed by atoms with Crippen molar-refractivity contribution in [3.05, 3.63) is 59.7 Å². The van der Waals surface area contributed by atoms with Crippen molar-refractivity contribution in [2.75, 3.05) is 6.54 Å². The number of aryl methyl sites for hydroxylation is 1. The molecule has 2 heteroatoms. The fourth-order valence-electron chi connectivity index (χ4n) is 1.28. The molecule has 0 saturated heterocycles. The van der Waals surface area contributed by atoms with Crippen molar-refractivity contribution in [2.24, 2.45) is 0 Å². The summed E-state index contributed by atoms with van der Waals surface area (Å²) in [5, 5.41) is 2.84. The third-order valence-electron chi connectivity index (χ3n) is 2.40. The van der Waals surface area contributed by atoms with E-state index in [-0.39, 0.29) is 5.91 Å². The first-order valence-electron chi connectivity index (χ1n) is 6.30. The van der Waals surface area contributed by atoms with Crippen LogP contribution < -0.4 is 5.32 Å². The Labute approximate surface area is 110 Å². The third kappa shape index (κ3) is 5.48. The van der Waals surface area contributed by atoms with E-state index in [1.54, 1.807) is 6.08 Å². The minimum Gasteiger partial charge on any atom is -0.348 e. The fraction of sp³-hybridized carbons (Fsp3) is 0.312. The molecule has 0 spiro atoms. The number of carbonyl (C=O) groups excluding carboxylic acids is 1. The lowest BCUT2D eigenvalue weighted by Crippen LogP contribution is -2.25. The highest BCUT2D eigenvalue weighted by Crippen LogP contribution is 2.03. The Balaban J connectivity index is 0.00000137. The zero-order chi connectivity index (χ0) is 14.0. The van der Waals surface area contributed by atoms with E-state index in [4.69, 9.17) is 0 Å². The van der Waals surface area contributed by atoms with Gasteiger partial charge < -0.3 is 5.32 Å². The van der Waals surface area contributed by atoms with Gasteiger partial charge in [-0.3, -0.25) is 4.79 Å². The number of hydrogen-bond acceptors (Lipinski definition) is 1. The molecule has 0 unspecified atom stereocenters. The van der Waals surface area contributed by atoms with E-state index in [2.05, 4.69) is 11.9 Å². The van der Waals surface area contributed by atoms with Gasteiger partial charge in [0.25, 0.3) is 5.91 Å². The summed E-state index contributed by atoms with van der Waals surface area (Å²) in [5.74, 6) is -0.0544. The maximum Gasteiger partial charge on any atom is 0.251 e. The standard InChI is InChI=1S/C14H17NO.C2H6/c1-4-12(5-2)10-15-14(16)13-8-6-11(3)7-9-13;1-2/h4-9H,1,10H2,2-3H3,(H,15,16);1-2H3/b12-5+;. The average Bonchev–Trinajstić information content (AvgIpc) is 2.42. The minimum absolute atomic E-state index is 0.0544. The fourth-order valence-corrected chi connectivity index (χ4v) is 1.28. The van der Waals surface area contributed by atoms with E-state index >= 15 is 0 Å². The van der Waals surface area contributed by atoms with Crippen molar-refractivity contribution >= 4 is 5.91 Å². The average molecular weight is 245 g/mol. The Morgan fingerprint density at radius 2 is 1.83 bits per heavy atom. The van der Waals surface area contributed by atoms with E-state index < -0.39 is 0 Å². The molecule has 1 aromatic rings. The number of nitrogens with one attached hydrogen (secondary N) is 1. The van der Waals surface area contributed by atoms with Gasteiger partial charge in [-0.05, 0) is 31.6 Å². The summed E-state index contributed by atoms with van der Waals surface area (Å²) in [6.45, 7) is 12.1. The summed E-state index contributed by atoms with van der Waals surface area (Å²) in [4.78, 5) is 11.7. The molecule has 0 aliphatic rings. The second-order valence-electron chi connectivity index (χ2n) is 3.62. The van der Waals surface area contributed by atoms with Gasteiger partial charge in [-0.2, -0.15) is 0 Å². The summed E-state index contributed by atoms with van der Waals surface area (Å²) in [6, 6.07) is 7.51. The van der Waals surface area contributed by atoms with Gasteiger partial charge in [-0.15, -0.1) is 0 Å². The zero-order valence-corrected chi connectivity index (χ0v) is 11.8. The van der Waals surface area contributed by atoms with Gasteiger partial charge in [-0.1, -0.05) is 50.3 Å². The van der Waals surface area contributed by atoms with Gasteiger partial charge in [0.15, 0.2) is 0 Å². The van der Waals surface area contributed by atoms with Gasteiger partial charge in [0.1, 0.15) is 0 Å². The topological polar surface area (TPSA) is 29.1 Å². The van der Waals surface area contributed by atoms with E-state index in [0.29, 0.717) is 12.1 Å². The quantitative estimate of drug-likeness (QED) is 0.801. The van der Waals surface area contributed by atoms with Gasteiger partial charge >= 0.3 is 0 Å². The second kappa shape index (κ2) is 9.23. The smallest absolute Gasteiger partial charge is 0.251 e. The van der Waals surface area contributed by atoms with Crippen molar-refractivity contribution in [3.8, 4) is 0 Å². The molecule has 1 aromatic carbocycles. The van der Waals surface area contributed by atoms with E-state index in [1.807, 2.05) is 58.0 Å². The molecule has 0 bridgehead atoms. The highest BCUT2D eigenvalue weighted by molar-refractivity contribution is 5.94. The Hall–Kier alpha value is -1.83. The molecule has 0 heterocycles. The number of allylic oxidation sites excluding steroid dienone is 1. The van der Waals surface area contributed by atoms with Crippen LogP contribution in [0.15, 0.2) is 48.6 Å². The van der Waals surface area contributed by atoms with Crippen LogP contribution in [0.2, 0.25) is 0 Å². The van der Waals surface area contributed by atoms with Gasteiger partial charge in [0.2, 0.25) is 0 Å². The summed E-state index contributed by atoms with van der Waals surface area (Å²) < 4.78 is 0. The number of amides is 1. The molecule has 0 aliphatic carbocycles. The zero-order valence-electron chi connectivity index (χ0n) is 11.8. The maximum atomic E-state index is 11.7. The first-order valence-corrected chi connectivity index (χ1v) is 6.30. The molecule has 1 amide bonds. The molecule has 2 nitrogen and oxygen atoms in total. The first-order chi connectivity index (χ1) is 8.67. The van der Waals surface area contributed by atoms with Crippen LogP contribution in [0.25, 0.3) is 0 Å². The molecule has 98 valence electrons. The molecule has 0 aromatic heterocycles. The molecule has 0 atom stereocenters. The van der Waals surface area contributed by atoms with Crippen molar-refractivity contribution in [1.82, 2.24) is 5.32 Å². The lowest BCUT2D eigenvalue weighted by Gasteiger charge is -2.05. The first kappa shape index (κ1) is 16.2. The molecular formula is C16H23NO. The van der Waals surface area contributed by atoms with Crippen LogP contribution in [0.3, 0.4) is 0 Å². The van der Waals surface area contributed by atoms with E-state index in [1.165, 1.54) is 0 Å². The monoisotopic (exact) mass is 245 g/mol. The summed E-state index contributed by atoms with van der Waals surface area (Å²) >= 11 is 0. The van der Waals surface area contributed by atoms with E-state index in [0.717, 1.165) is 11.1 Å². The molecule has 0 saturated carbocycles. The minimum atomic E-state index is -0.0544. The van der Waals surface area contributed by atoms with Gasteiger partial charge in [-0.25, -0.2) is 0 Å². The molecule has 1 rings (SSSR count).